The smallest absolute Gasteiger partial charge is 0.240 e. The number of nitrogens with zero attached hydrogens (tertiary/aromatic N) is 2. The van der Waals surface area contributed by atoms with Crippen LogP contribution in [0.1, 0.15) is 32.4 Å². The minimum Gasteiger partial charge on any atom is -0.491 e. The van der Waals surface area contributed by atoms with Crippen LogP contribution in [-0.2, 0) is 11.3 Å². The largest absolute Gasteiger partial charge is 0.491 e. The van der Waals surface area contributed by atoms with E-state index < -0.39 is 0 Å². The van der Waals surface area contributed by atoms with E-state index in [0.717, 1.165) is 16.2 Å². The van der Waals surface area contributed by atoms with Crippen LogP contribution in [0.3, 0.4) is 0 Å². The average Bonchev–Trinajstić information content (AvgIpc) is 3.25. The van der Waals surface area contributed by atoms with Crippen molar-refractivity contribution < 1.29 is 9.53 Å². The average molecular weight is 403 g/mol. The van der Waals surface area contributed by atoms with Crippen LogP contribution in [0.25, 0.3) is 10.7 Å². The lowest BCUT2D eigenvalue weighted by Gasteiger charge is -2.17. The van der Waals surface area contributed by atoms with Gasteiger partial charge in [-0.1, -0.05) is 18.2 Å². The maximum atomic E-state index is 12.6. The topological polar surface area (TPSA) is 71.9 Å². The van der Waals surface area contributed by atoms with E-state index in [1.807, 2.05) is 62.5 Å². The zero-order valence-electron chi connectivity index (χ0n) is 15.4. The summed E-state index contributed by atoms with van der Waals surface area (Å²) in [6.45, 7) is 6.02. The molecule has 0 aliphatic carbocycles. The fourth-order valence-corrected chi connectivity index (χ4v) is 3.62. The van der Waals surface area contributed by atoms with E-state index in [0.29, 0.717) is 10.6 Å². The van der Waals surface area contributed by atoms with Gasteiger partial charge < -0.3 is 10.1 Å². The summed E-state index contributed by atoms with van der Waals surface area (Å²) >= 11 is 6.83. The molecule has 0 saturated carbocycles. The number of nitrogens with one attached hydrogen (secondary N) is 2. The number of thiophene rings is 1. The third-order valence-corrected chi connectivity index (χ3v) is 5.09. The standard InChI is InChI=1S/C19H22N4O2S2/c1-12(2)25-15-7-4-6-14(10-15)13(3)20-17(24)11-23-18(21-22-19(23)26)16-8-5-9-27-16/h4-10,12-13H,11H2,1-3H3,(H,20,24)(H,22,26). The summed E-state index contributed by atoms with van der Waals surface area (Å²) in [6, 6.07) is 11.5. The zero-order chi connectivity index (χ0) is 19.4. The number of rotatable bonds is 7. The van der Waals surface area contributed by atoms with Crippen LogP contribution in [0, 0.1) is 4.77 Å². The number of benzene rings is 1. The number of amides is 1. The molecule has 0 saturated heterocycles. The highest BCUT2D eigenvalue weighted by atomic mass is 32.1. The molecule has 0 aliphatic heterocycles. The van der Waals surface area contributed by atoms with Gasteiger partial charge >= 0.3 is 0 Å². The Morgan fingerprint density at radius 2 is 2.15 bits per heavy atom. The van der Waals surface area contributed by atoms with Crippen LogP contribution in [0.2, 0.25) is 0 Å². The maximum absolute atomic E-state index is 12.6. The van der Waals surface area contributed by atoms with Gasteiger partial charge in [-0.2, -0.15) is 5.10 Å². The Morgan fingerprint density at radius 1 is 1.33 bits per heavy atom. The Kier molecular flexibility index (Phi) is 6.08. The summed E-state index contributed by atoms with van der Waals surface area (Å²) in [5, 5.41) is 12.0. The first-order chi connectivity index (χ1) is 12.9. The maximum Gasteiger partial charge on any atom is 0.240 e. The molecular weight excluding hydrogens is 380 g/mol. The van der Waals surface area contributed by atoms with Gasteiger partial charge in [0.1, 0.15) is 12.3 Å². The Hall–Kier alpha value is -2.45. The molecule has 2 heterocycles. The molecule has 8 heteroatoms. The molecule has 27 heavy (non-hydrogen) atoms. The van der Waals surface area contributed by atoms with Crippen LogP contribution in [0.4, 0.5) is 0 Å². The van der Waals surface area contributed by atoms with Gasteiger partial charge in [-0.3, -0.25) is 14.5 Å². The van der Waals surface area contributed by atoms with Crippen molar-refractivity contribution >= 4 is 29.5 Å². The lowest BCUT2D eigenvalue weighted by molar-refractivity contribution is -0.122. The van der Waals surface area contributed by atoms with Gasteiger partial charge in [0.25, 0.3) is 0 Å². The van der Waals surface area contributed by atoms with Crippen LogP contribution >= 0.6 is 23.6 Å². The number of hydrogen-bond acceptors (Lipinski definition) is 5. The molecule has 0 spiro atoms. The predicted octanol–water partition coefficient (Wildman–Crippen LogP) is 4.33. The SMILES string of the molecule is CC(C)Oc1cccc(C(C)NC(=O)Cn2c(-c3cccs3)n[nH]c2=S)c1. The first-order valence-electron chi connectivity index (χ1n) is 8.69. The van der Waals surface area contributed by atoms with Crippen LogP contribution in [0.15, 0.2) is 41.8 Å². The molecule has 0 aliphatic rings. The second-order valence-electron chi connectivity index (χ2n) is 6.44. The van der Waals surface area contributed by atoms with E-state index in [4.69, 9.17) is 17.0 Å². The van der Waals surface area contributed by atoms with Gasteiger partial charge in [0.15, 0.2) is 10.6 Å². The molecule has 1 unspecified atom stereocenters. The Morgan fingerprint density at radius 3 is 2.85 bits per heavy atom. The van der Waals surface area contributed by atoms with Crippen molar-refractivity contribution in [1.82, 2.24) is 20.1 Å². The fraction of sp³-hybridized carbons (Fsp3) is 0.316. The first-order valence-corrected chi connectivity index (χ1v) is 9.98. The summed E-state index contributed by atoms with van der Waals surface area (Å²) in [5.74, 6) is 1.33. The van der Waals surface area contributed by atoms with E-state index in [1.54, 1.807) is 15.9 Å². The molecule has 2 N–H and O–H groups in total. The number of ether oxygens (including phenoxy) is 1. The molecule has 1 atom stereocenters. The van der Waals surface area contributed by atoms with Gasteiger partial charge in [0.2, 0.25) is 5.91 Å². The lowest BCUT2D eigenvalue weighted by Crippen LogP contribution is -2.30. The van der Waals surface area contributed by atoms with E-state index in [1.165, 1.54) is 0 Å². The second kappa shape index (κ2) is 8.49. The summed E-state index contributed by atoms with van der Waals surface area (Å²) in [6.07, 6.45) is 0.101. The van der Waals surface area contributed by atoms with Gasteiger partial charge in [-0.25, -0.2) is 0 Å². The predicted molar refractivity (Wildman–Crippen MR) is 109 cm³/mol. The zero-order valence-corrected chi connectivity index (χ0v) is 17.1. The molecular formula is C19H22N4O2S2. The van der Waals surface area contributed by atoms with Crippen molar-refractivity contribution in [3.05, 3.63) is 52.1 Å². The highest BCUT2D eigenvalue weighted by Crippen LogP contribution is 2.23. The molecule has 0 bridgehead atoms. The van der Waals surface area contributed by atoms with Crippen molar-refractivity contribution in [1.29, 1.82) is 0 Å². The van der Waals surface area contributed by atoms with Crippen molar-refractivity contribution in [2.75, 3.05) is 0 Å². The van der Waals surface area contributed by atoms with Crippen molar-refractivity contribution in [3.8, 4) is 16.5 Å². The van der Waals surface area contributed by atoms with Crippen LogP contribution in [-0.4, -0.2) is 26.8 Å². The van der Waals surface area contributed by atoms with Crippen LogP contribution < -0.4 is 10.1 Å². The van der Waals surface area contributed by atoms with Gasteiger partial charge in [-0.05, 0) is 62.1 Å². The van der Waals surface area contributed by atoms with E-state index >= 15 is 0 Å². The Labute approximate surface area is 167 Å². The van der Waals surface area contributed by atoms with E-state index in [2.05, 4.69) is 15.5 Å². The molecule has 142 valence electrons. The quantitative estimate of drug-likeness (QED) is 0.577. The molecule has 2 aromatic heterocycles. The molecule has 6 nitrogen and oxygen atoms in total. The summed E-state index contributed by atoms with van der Waals surface area (Å²) < 4.78 is 7.86. The third-order valence-electron chi connectivity index (χ3n) is 3.91. The van der Waals surface area contributed by atoms with E-state index in [9.17, 15) is 4.79 Å². The van der Waals surface area contributed by atoms with Crippen molar-refractivity contribution in [2.24, 2.45) is 0 Å². The van der Waals surface area contributed by atoms with Crippen molar-refractivity contribution in [2.45, 2.75) is 39.5 Å². The number of aromatic nitrogens is 3. The number of carbonyl (C=O) groups is 1. The van der Waals surface area contributed by atoms with Gasteiger partial charge in [0.05, 0.1) is 17.0 Å². The molecule has 3 aromatic rings. The minimum atomic E-state index is -0.153. The minimum absolute atomic E-state index is 0.101. The van der Waals surface area contributed by atoms with E-state index in [-0.39, 0.29) is 24.6 Å². The highest BCUT2D eigenvalue weighted by molar-refractivity contribution is 7.71. The number of carbonyl (C=O) groups excluding carboxylic acids is 1. The lowest BCUT2D eigenvalue weighted by atomic mass is 10.1. The summed E-state index contributed by atoms with van der Waals surface area (Å²) in [7, 11) is 0. The first kappa shape index (κ1) is 19.3. The molecule has 0 radical (unpaired) electrons. The van der Waals surface area contributed by atoms with Gasteiger partial charge in [0, 0.05) is 0 Å². The summed E-state index contributed by atoms with van der Waals surface area (Å²) in [5.41, 5.74) is 0.982. The number of hydrogen-bond donors (Lipinski definition) is 2. The Bertz CT molecular complexity index is 960. The number of H-pyrrole nitrogens is 1. The fourth-order valence-electron chi connectivity index (χ4n) is 2.70. The third kappa shape index (κ3) is 4.84. The Balaban J connectivity index is 1.70. The normalized spacial score (nSPS) is 12.1. The molecule has 1 aromatic carbocycles. The highest BCUT2D eigenvalue weighted by Gasteiger charge is 2.15. The molecule has 3 rings (SSSR count). The van der Waals surface area contributed by atoms with Gasteiger partial charge in [-0.15, -0.1) is 11.3 Å². The monoisotopic (exact) mass is 402 g/mol. The summed E-state index contributed by atoms with van der Waals surface area (Å²) in [4.78, 5) is 13.5. The molecule has 1 amide bonds. The molecule has 0 fully saturated rings. The van der Waals surface area contributed by atoms with Crippen LogP contribution in [0.5, 0.6) is 5.75 Å². The van der Waals surface area contributed by atoms with Crippen molar-refractivity contribution in [3.63, 3.8) is 0 Å². The second-order valence-corrected chi connectivity index (χ2v) is 7.78. The number of aromatic amines is 1.